The summed E-state index contributed by atoms with van der Waals surface area (Å²) in [5.74, 6) is -1.68. The molecule has 0 aliphatic heterocycles. The topological polar surface area (TPSA) is 217 Å². The molecule has 0 aromatic heterocycles. The van der Waals surface area contributed by atoms with Gasteiger partial charge in [-0.15, -0.1) is 0 Å². The van der Waals surface area contributed by atoms with Crippen LogP contribution in [0, 0.1) is 6.92 Å². The number of aryl methyl sites for hydroxylation is 1. The Bertz CT molecular complexity index is 1840. The van der Waals surface area contributed by atoms with Crippen LogP contribution < -0.4 is 20.5 Å². The number of carbonyl (C=O) groups excluding carboxylic acids is 2. The van der Waals surface area contributed by atoms with Crippen LogP contribution in [0.5, 0.6) is 11.5 Å². The molecule has 0 atom stereocenters. The van der Waals surface area contributed by atoms with Gasteiger partial charge < -0.3 is 34.9 Å². The van der Waals surface area contributed by atoms with E-state index in [9.17, 15) is 32.8 Å². The van der Waals surface area contributed by atoms with Crippen LogP contribution in [0.15, 0.2) is 104 Å². The molecule has 15 heteroatoms. The number of aromatic carboxylic acids is 1. The van der Waals surface area contributed by atoms with Gasteiger partial charge in [-0.3, -0.25) is 0 Å². The predicted octanol–water partition coefficient (Wildman–Crippen LogP) is 5.45. The van der Waals surface area contributed by atoms with Gasteiger partial charge in [0.1, 0.15) is 21.6 Å². The lowest BCUT2D eigenvalue weighted by molar-refractivity contribution is -0.255. The number of carboxylic acids is 1. The Morgan fingerprint density at radius 3 is 2.00 bits per heavy atom. The van der Waals surface area contributed by atoms with Crippen molar-refractivity contribution in [1.82, 2.24) is 0 Å². The summed E-state index contributed by atoms with van der Waals surface area (Å²) in [6.45, 7) is 1.74. The number of amides is 2. The predicted molar refractivity (Wildman–Crippen MR) is 152 cm³/mol. The molecule has 0 saturated heterocycles. The monoisotopic (exact) mass is 602 g/mol. The van der Waals surface area contributed by atoms with E-state index in [-0.39, 0.29) is 10.6 Å². The van der Waals surface area contributed by atoms with Gasteiger partial charge in [0.05, 0.1) is 46.4 Å². The van der Waals surface area contributed by atoms with Crippen LogP contribution in [-0.4, -0.2) is 37.2 Å². The lowest BCUT2D eigenvalue weighted by Crippen LogP contribution is -2.22. The molecule has 14 nitrogen and oxygen atoms in total. The van der Waals surface area contributed by atoms with Gasteiger partial charge in [-0.1, -0.05) is 0 Å². The molecule has 0 fully saturated rings. The van der Waals surface area contributed by atoms with E-state index >= 15 is 0 Å². The van der Waals surface area contributed by atoms with Crippen LogP contribution in [-0.2, 0) is 10.1 Å². The molecule has 0 heterocycles. The molecule has 3 N–H and O–H groups in total. The van der Waals surface area contributed by atoms with Gasteiger partial charge in [0, 0.05) is 17.3 Å². The fourth-order valence-electron chi connectivity index (χ4n) is 3.60. The van der Waals surface area contributed by atoms with Gasteiger partial charge in [0.15, 0.2) is 0 Å². The van der Waals surface area contributed by atoms with Crippen LogP contribution in [0.2, 0.25) is 0 Å². The van der Waals surface area contributed by atoms with Crippen molar-refractivity contribution in [1.29, 1.82) is 0 Å². The van der Waals surface area contributed by atoms with Crippen molar-refractivity contribution in [3.63, 3.8) is 0 Å². The molecule has 0 spiro atoms. The molecule has 4 rings (SSSR count). The number of azo groups is 2. The van der Waals surface area contributed by atoms with E-state index in [1.165, 1.54) is 31.4 Å². The lowest BCUT2D eigenvalue weighted by atomic mass is 10.1. The summed E-state index contributed by atoms with van der Waals surface area (Å²) in [4.78, 5) is 23.3. The number of carboxylic acid groups (broad SMARTS) is 1. The van der Waals surface area contributed by atoms with Crippen molar-refractivity contribution in [3.05, 3.63) is 90.0 Å². The van der Waals surface area contributed by atoms with Gasteiger partial charge >= 0.3 is 6.03 Å². The number of hydrogen-bond acceptors (Lipinski definition) is 12. The second-order valence-electron chi connectivity index (χ2n) is 8.80. The summed E-state index contributed by atoms with van der Waals surface area (Å²) < 4.78 is 38.6. The maximum Gasteiger partial charge on any atom is 0.323 e. The van der Waals surface area contributed by atoms with E-state index in [1.807, 2.05) is 0 Å². The third kappa shape index (κ3) is 7.96. The van der Waals surface area contributed by atoms with Crippen LogP contribution in [0.25, 0.3) is 0 Å². The van der Waals surface area contributed by atoms with E-state index in [2.05, 4.69) is 31.1 Å². The van der Waals surface area contributed by atoms with Crippen molar-refractivity contribution < 1.29 is 37.5 Å². The van der Waals surface area contributed by atoms with E-state index in [0.717, 1.165) is 18.2 Å². The fraction of sp³-hybridized carbons (Fsp3) is 0.0714. The second kappa shape index (κ2) is 12.9. The van der Waals surface area contributed by atoms with Gasteiger partial charge in [0.2, 0.25) is 0 Å². The van der Waals surface area contributed by atoms with Crippen LogP contribution in [0.4, 0.5) is 38.9 Å². The standard InChI is InChI=1S/C28H24N6O8S/c1-16-13-24(26(42-2)15-23(16)34-32-19-7-10-21(11-8-19)43(39,40)41)30-28(38)29-17-3-5-18(6-4-17)31-33-20-9-12-25(35)22(14-20)27(36)37/h3-15,35H,1-2H3,(H,36,37)(H2,29,30,38)(H,39,40,41)/p-2. The number of nitrogens with one attached hydrogen (secondary N) is 2. The molecular weight excluding hydrogens is 580 g/mol. The summed E-state index contributed by atoms with van der Waals surface area (Å²) in [7, 11) is -3.15. The zero-order chi connectivity index (χ0) is 31.1. The average molecular weight is 603 g/mol. The van der Waals surface area contributed by atoms with E-state index < -0.39 is 33.4 Å². The Morgan fingerprint density at radius 1 is 0.814 bits per heavy atom. The van der Waals surface area contributed by atoms with Gasteiger partial charge in [0.25, 0.3) is 0 Å². The number of urea groups is 1. The third-order valence-electron chi connectivity index (χ3n) is 5.77. The highest BCUT2D eigenvalue weighted by Gasteiger charge is 2.12. The van der Waals surface area contributed by atoms with Gasteiger partial charge in [-0.05, 0) is 85.3 Å². The molecule has 2 amide bonds. The Kier molecular flexibility index (Phi) is 9.08. The number of ether oxygens (including phenoxy) is 1. The number of phenols is 1. The first-order valence-corrected chi connectivity index (χ1v) is 13.6. The molecule has 0 saturated carbocycles. The smallest absolute Gasteiger partial charge is 0.323 e. The number of benzene rings is 4. The van der Waals surface area contributed by atoms with Crippen LogP contribution >= 0.6 is 0 Å². The minimum atomic E-state index is -4.57. The number of methoxy groups -OCH3 is 1. The largest absolute Gasteiger partial charge is 0.744 e. The maximum atomic E-state index is 12.7. The zero-order valence-corrected chi connectivity index (χ0v) is 23.3. The number of anilines is 2. The Morgan fingerprint density at radius 2 is 1.40 bits per heavy atom. The number of hydrogen-bond donors (Lipinski definition) is 3. The normalized spacial score (nSPS) is 11.5. The highest BCUT2D eigenvalue weighted by Crippen LogP contribution is 2.34. The molecule has 0 unspecified atom stereocenters. The Hall–Kier alpha value is -5.67. The molecule has 4 aromatic carbocycles. The Balaban J connectivity index is 1.40. The number of rotatable bonds is 9. The summed E-state index contributed by atoms with van der Waals surface area (Å²) in [6, 6.07) is 17.6. The SMILES string of the molecule is COc1cc(N=Nc2ccc(S(=O)(=O)[O-])cc2)c(C)cc1NC(=O)Nc1ccc(N=Nc2ccc(O)c(C(=O)[O-])c2)cc1. The minimum Gasteiger partial charge on any atom is -0.744 e. The minimum absolute atomic E-state index is 0.197. The highest BCUT2D eigenvalue weighted by molar-refractivity contribution is 7.85. The maximum absolute atomic E-state index is 12.7. The molecule has 43 heavy (non-hydrogen) atoms. The fourth-order valence-corrected chi connectivity index (χ4v) is 4.07. The van der Waals surface area contributed by atoms with E-state index in [0.29, 0.717) is 39.7 Å². The summed E-state index contributed by atoms with van der Waals surface area (Å²) >= 11 is 0. The summed E-state index contributed by atoms with van der Waals surface area (Å²) in [5, 5.41) is 42.2. The van der Waals surface area contributed by atoms with E-state index in [1.54, 1.807) is 43.3 Å². The lowest BCUT2D eigenvalue weighted by Gasteiger charge is -2.13. The average Bonchev–Trinajstić information content (AvgIpc) is 2.96. The molecule has 0 radical (unpaired) electrons. The van der Waals surface area contributed by atoms with Gasteiger partial charge in [-0.25, -0.2) is 13.2 Å². The summed E-state index contributed by atoms with van der Waals surface area (Å²) in [5.41, 5.74) is 2.41. The molecule has 0 aliphatic rings. The number of aromatic hydroxyl groups is 1. The van der Waals surface area contributed by atoms with Crippen molar-refractivity contribution in [2.75, 3.05) is 17.7 Å². The zero-order valence-electron chi connectivity index (χ0n) is 22.5. The summed E-state index contributed by atoms with van der Waals surface area (Å²) in [6.07, 6.45) is 0. The van der Waals surface area contributed by atoms with Crippen LogP contribution in [0.1, 0.15) is 15.9 Å². The van der Waals surface area contributed by atoms with Gasteiger partial charge in [-0.2, -0.15) is 20.5 Å². The first kappa shape index (κ1) is 30.3. The highest BCUT2D eigenvalue weighted by atomic mass is 32.2. The third-order valence-corrected chi connectivity index (χ3v) is 6.62. The van der Waals surface area contributed by atoms with Crippen molar-refractivity contribution in [2.24, 2.45) is 20.5 Å². The first-order valence-electron chi connectivity index (χ1n) is 12.2. The van der Waals surface area contributed by atoms with Crippen LogP contribution in [0.3, 0.4) is 0 Å². The molecule has 4 aromatic rings. The molecule has 220 valence electrons. The van der Waals surface area contributed by atoms with Crippen molar-refractivity contribution in [3.8, 4) is 11.5 Å². The number of carbonyl (C=O) groups is 2. The first-order chi connectivity index (χ1) is 20.4. The number of nitrogens with zero attached hydrogens (tertiary/aromatic N) is 4. The quantitative estimate of drug-likeness (QED) is 0.165. The van der Waals surface area contributed by atoms with Crippen molar-refractivity contribution in [2.45, 2.75) is 11.8 Å². The van der Waals surface area contributed by atoms with E-state index in [4.69, 9.17) is 4.74 Å². The molecule has 0 bridgehead atoms. The van der Waals surface area contributed by atoms with Crippen molar-refractivity contribution >= 4 is 56.2 Å². The molecule has 0 aliphatic carbocycles. The Labute approximate surface area is 245 Å². The molecular formula is C28H22N6O8S-2. The second-order valence-corrected chi connectivity index (χ2v) is 10.2.